The fourth-order valence-corrected chi connectivity index (χ4v) is 4.86. The molecule has 2 atom stereocenters. The van der Waals surface area contributed by atoms with Crippen LogP contribution in [0.25, 0.3) is 0 Å². The highest BCUT2D eigenvalue weighted by Crippen LogP contribution is 2.32. The van der Waals surface area contributed by atoms with E-state index < -0.39 is 10.0 Å². The lowest BCUT2D eigenvalue weighted by molar-refractivity contribution is 0.191. The normalized spacial score (nSPS) is 26.5. The Morgan fingerprint density at radius 2 is 2.25 bits per heavy atom. The molecule has 2 N–H and O–H groups in total. The molecular formula is C14H20N2O3S. The van der Waals surface area contributed by atoms with Gasteiger partial charge in [0.25, 0.3) is 0 Å². The van der Waals surface area contributed by atoms with Gasteiger partial charge in [0.15, 0.2) is 0 Å². The van der Waals surface area contributed by atoms with Crippen LogP contribution < -0.4 is 5.32 Å². The molecule has 0 saturated carbocycles. The van der Waals surface area contributed by atoms with E-state index in [1.807, 2.05) is 13.0 Å². The lowest BCUT2D eigenvalue weighted by atomic mass is 10.0. The van der Waals surface area contributed by atoms with Crippen LogP contribution in [0, 0.1) is 5.92 Å². The molecule has 110 valence electrons. The summed E-state index contributed by atoms with van der Waals surface area (Å²) in [4.78, 5) is 0.318. The van der Waals surface area contributed by atoms with Crippen LogP contribution in [0.3, 0.4) is 0 Å². The minimum absolute atomic E-state index is 0.121. The molecule has 5 nitrogen and oxygen atoms in total. The molecule has 2 aliphatic heterocycles. The quantitative estimate of drug-likeness (QED) is 0.874. The predicted octanol–water partition coefficient (Wildman–Crippen LogP) is 1.05. The Labute approximate surface area is 119 Å². The smallest absolute Gasteiger partial charge is 0.243 e. The molecule has 0 aliphatic carbocycles. The monoisotopic (exact) mass is 296 g/mol. The van der Waals surface area contributed by atoms with Crippen LogP contribution in [0.5, 0.6) is 0 Å². The van der Waals surface area contributed by atoms with Crippen LogP contribution in [0.4, 0.5) is 5.69 Å². The van der Waals surface area contributed by atoms with E-state index in [1.54, 1.807) is 12.1 Å². The predicted molar refractivity (Wildman–Crippen MR) is 77.2 cm³/mol. The third-order valence-electron chi connectivity index (χ3n) is 4.42. The summed E-state index contributed by atoms with van der Waals surface area (Å²) >= 11 is 0. The largest absolute Gasteiger partial charge is 0.395 e. The number of fused-ring (bicyclic) bond motifs is 1. The number of rotatable bonds is 3. The molecule has 1 aromatic carbocycles. The van der Waals surface area contributed by atoms with Gasteiger partial charge in [-0.05, 0) is 36.5 Å². The topological polar surface area (TPSA) is 69.6 Å². The summed E-state index contributed by atoms with van der Waals surface area (Å²) in [5.41, 5.74) is 2.08. The van der Waals surface area contributed by atoms with Crippen LogP contribution in [0.15, 0.2) is 23.1 Å². The van der Waals surface area contributed by atoms with Gasteiger partial charge >= 0.3 is 0 Å². The highest BCUT2D eigenvalue weighted by Gasteiger charge is 2.39. The zero-order valence-electron chi connectivity index (χ0n) is 11.5. The van der Waals surface area contributed by atoms with Crippen molar-refractivity contribution >= 4 is 15.7 Å². The summed E-state index contributed by atoms with van der Waals surface area (Å²) in [6.45, 7) is 3.21. The van der Waals surface area contributed by atoms with E-state index in [-0.39, 0.29) is 18.6 Å². The van der Waals surface area contributed by atoms with Crippen molar-refractivity contribution < 1.29 is 13.5 Å². The lowest BCUT2D eigenvalue weighted by Crippen LogP contribution is -2.39. The van der Waals surface area contributed by atoms with Crippen molar-refractivity contribution in [2.45, 2.75) is 30.7 Å². The summed E-state index contributed by atoms with van der Waals surface area (Å²) in [6.07, 6.45) is 1.74. The van der Waals surface area contributed by atoms with Gasteiger partial charge in [-0.25, -0.2) is 8.42 Å². The van der Waals surface area contributed by atoms with Crippen molar-refractivity contribution in [1.82, 2.24) is 4.31 Å². The van der Waals surface area contributed by atoms with Gasteiger partial charge < -0.3 is 10.4 Å². The molecular weight excluding hydrogens is 276 g/mol. The summed E-state index contributed by atoms with van der Waals surface area (Å²) in [7, 11) is -3.52. The van der Waals surface area contributed by atoms with Crippen LogP contribution in [-0.2, 0) is 16.4 Å². The fraction of sp³-hybridized carbons (Fsp3) is 0.571. The lowest BCUT2D eigenvalue weighted by Gasteiger charge is -2.24. The maximum absolute atomic E-state index is 12.7. The second-order valence-electron chi connectivity index (χ2n) is 5.63. The number of nitrogens with one attached hydrogen (secondary N) is 1. The van der Waals surface area contributed by atoms with Crippen molar-refractivity contribution in [3.05, 3.63) is 23.8 Å². The molecule has 0 radical (unpaired) electrons. The van der Waals surface area contributed by atoms with Crippen LogP contribution in [0.1, 0.15) is 18.9 Å². The van der Waals surface area contributed by atoms with E-state index in [4.69, 9.17) is 0 Å². The molecule has 0 spiro atoms. The molecule has 2 heterocycles. The van der Waals surface area contributed by atoms with E-state index in [9.17, 15) is 13.5 Å². The third-order valence-corrected chi connectivity index (χ3v) is 6.34. The number of benzene rings is 1. The standard InChI is InChI=1S/C14H20N2O3S/c1-10-5-7-16(14(10)9-17)20(18,19)12-3-2-11-4-6-15-13(11)8-12/h2-3,8,10,14-15,17H,4-7,9H2,1H3. The zero-order chi connectivity index (χ0) is 14.3. The minimum atomic E-state index is -3.52. The number of hydrogen-bond donors (Lipinski definition) is 2. The number of nitrogens with zero attached hydrogens (tertiary/aromatic N) is 1. The van der Waals surface area contributed by atoms with E-state index in [1.165, 1.54) is 4.31 Å². The molecule has 1 saturated heterocycles. The number of sulfonamides is 1. The maximum atomic E-state index is 12.7. The van der Waals surface area contributed by atoms with Gasteiger partial charge in [0.1, 0.15) is 0 Å². The van der Waals surface area contributed by atoms with Gasteiger partial charge in [-0.15, -0.1) is 0 Å². The van der Waals surface area contributed by atoms with Gasteiger partial charge in [0.2, 0.25) is 10.0 Å². The van der Waals surface area contributed by atoms with Crippen LogP contribution in [-0.4, -0.2) is 43.6 Å². The van der Waals surface area contributed by atoms with Crippen molar-refractivity contribution in [1.29, 1.82) is 0 Å². The van der Waals surface area contributed by atoms with Crippen molar-refractivity contribution in [3.63, 3.8) is 0 Å². The molecule has 20 heavy (non-hydrogen) atoms. The third kappa shape index (κ3) is 2.12. The van der Waals surface area contributed by atoms with Gasteiger partial charge in [0, 0.05) is 18.8 Å². The first-order valence-electron chi connectivity index (χ1n) is 7.03. The molecule has 2 unspecified atom stereocenters. The maximum Gasteiger partial charge on any atom is 0.243 e. The molecule has 3 rings (SSSR count). The van der Waals surface area contributed by atoms with Gasteiger partial charge in [-0.3, -0.25) is 0 Å². The SMILES string of the molecule is CC1CCN(S(=O)(=O)c2ccc3c(c2)NCC3)C1CO. The molecule has 0 bridgehead atoms. The van der Waals surface area contributed by atoms with E-state index in [0.717, 1.165) is 30.6 Å². The molecule has 2 aliphatic rings. The molecule has 6 heteroatoms. The summed E-state index contributed by atoms with van der Waals surface area (Å²) in [5.74, 6) is 0.197. The van der Waals surface area contributed by atoms with E-state index in [0.29, 0.717) is 11.4 Å². The summed E-state index contributed by atoms with van der Waals surface area (Å²) < 4.78 is 26.9. The first-order valence-corrected chi connectivity index (χ1v) is 8.47. The van der Waals surface area contributed by atoms with E-state index >= 15 is 0 Å². The fourth-order valence-electron chi connectivity index (χ4n) is 3.11. The van der Waals surface area contributed by atoms with Crippen LogP contribution >= 0.6 is 0 Å². The first-order chi connectivity index (χ1) is 9.54. The average Bonchev–Trinajstić information content (AvgIpc) is 3.03. The second kappa shape index (κ2) is 5.02. The second-order valence-corrected chi connectivity index (χ2v) is 7.52. The number of hydrogen-bond acceptors (Lipinski definition) is 4. The van der Waals surface area contributed by atoms with E-state index in [2.05, 4.69) is 5.32 Å². The van der Waals surface area contributed by atoms with Gasteiger partial charge in [-0.2, -0.15) is 4.31 Å². The molecule has 0 aromatic heterocycles. The minimum Gasteiger partial charge on any atom is -0.395 e. The highest BCUT2D eigenvalue weighted by molar-refractivity contribution is 7.89. The Morgan fingerprint density at radius 1 is 1.45 bits per heavy atom. The summed E-state index contributed by atoms with van der Waals surface area (Å²) in [5, 5.41) is 12.7. The Kier molecular flexibility index (Phi) is 3.48. The molecule has 1 aromatic rings. The Morgan fingerprint density at radius 3 is 3.00 bits per heavy atom. The van der Waals surface area contributed by atoms with Gasteiger partial charge in [-0.1, -0.05) is 13.0 Å². The highest BCUT2D eigenvalue weighted by atomic mass is 32.2. The first kappa shape index (κ1) is 13.9. The van der Waals surface area contributed by atoms with Gasteiger partial charge in [0.05, 0.1) is 17.5 Å². The number of aliphatic hydroxyl groups is 1. The zero-order valence-corrected chi connectivity index (χ0v) is 12.4. The Bertz CT molecular complexity index is 615. The summed E-state index contributed by atoms with van der Waals surface area (Å²) in [6, 6.07) is 4.98. The number of aliphatic hydroxyl groups excluding tert-OH is 1. The molecule has 0 amide bonds. The number of anilines is 1. The van der Waals surface area contributed by atoms with Crippen molar-refractivity contribution in [2.75, 3.05) is 25.0 Å². The van der Waals surface area contributed by atoms with Crippen LogP contribution in [0.2, 0.25) is 0 Å². The van der Waals surface area contributed by atoms with Crippen molar-refractivity contribution in [2.24, 2.45) is 5.92 Å². The average molecular weight is 296 g/mol. The Hall–Kier alpha value is -1.11. The molecule has 1 fully saturated rings. The Balaban J connectivity index is 1.96. The van der Waals surface area contributed by atoms with Crippen molar-refractivity contribution in [3.8, 4) is 0 Å².